The summed E-state index contributed by atoms with van der Waals surface area (Å²) < 4.78 is 15.7. The van der Waals surface area contributed by atoms with Crippen LogP contribution in [0.15, 0.2) is 48.5 Å². The highest BCUT2D eigenvalue weighted by Gasteiger charge is 2.68. The average Bonchev–Trinajstić information content (AvgIpc) is 3.15. The molecule has 2 bridgehead atoms. The first kappa shape index (κ1) is 31.6. The van der Waals surface area contributed by atoms with Gasteiger partial charge in [0, 0.05) is 30.4 Å². The summed E-state index contributed by atoms with van der Waals surface area (Å²) in [5.74, 6) is -4.82. The standard InChI is InChI=1S/C29H37BN4O9/c1-17(2)14-22(30-41-24(37)16-29(43-30,28(40)42-30)15-23(36)34(4)5)32-27(39)25(18(3)35)33-26(38)21-13-9-12-20(31-21)19-10-7-6-8-11-19/h6-13,17-18,22,25,35,41H,14-16H2,1-5H3,(H,32,39)(H,33,38)/t18-,22+,25+,29+,30?/m1/s1. The fraction of sp³-hybridized carbons (Fsp3) is 0.448. The summed E-state index contributed by atoms with van der Waals surface area (Å²) >= 11 is 0. The van der Waals surface area contributed by atoms with E-state index < -0.39 is 72.9 Å². The zero-order valence-electron chi connectivity index (χ0n) is 24.8. The van der Waals surface area contributed by atoms with Crippen molar-refractivity contribution in [2.75, 3.05) is 14.1 Å². The minimum Gasteiger partial charge on any atom is -0.717 e. The lowest BCUT2D eigenvalue weighted by Crippen LogP contribution is -2.68. The van der Waals surface area contributed by atoms with Gasteiger partial charge in [-0.2, -0.15) is 0 Å². The second-order valence-corrected chi connectivity index (χ2v) is 11.6. The fourth-order valence-electron chi connectivity index (χ4n) is 5.21. The van der Waals surface area contributed by atoms with E-state index in [1.807, 2.05) is 44.2 Å². The number of fused-ring (bicyclic) bond motifs is 2. The van der Waals surface area contributed by atoms with E-state index in [-0.39, 0.29) is 18.0 Å². The maximum atomic E-state index is 13.6. The molecular weight excluding hydrogens is 559 g/mol. The van der Waals surface area contributed by atoms with Crippen molar-refractivity contribution in [3.05, 3.63) is 54.2 Å². The van der Waals surface area contributed by atoms with Crippen LogP contribution in [0, 0.1) is 5.92 Å². The third-order valence-electron chi connectivity index (χ3n) is 7.40. The second kappa shape index (κ2) is 12.5. The average molecular weight is 596 g/mol. The zero-order valence-corrected chi connectivity index (χ0v) is 24.8. The number of benzene rings is 1. The van der Waals surface area contributed by atoms with Gasteiger partial charge in [0.15, 0.2) is 5.60 Å². The van der Waals surface area contributed by atoms with Crippen molar-refractivity contribution in [3.63, 3.8) is 0 Å². The van der Waals surface area contributed by atoms with Gasteiger partial charge in [-0.05, 0) is 25.0 Å². The van der Waals surface area contributed by atoms with E-state index in [9.17, 15) is 29.1 Å². The molecule has 230 valence electrons. The Morgan fingerprint density at radius 1 is 1.07 bits per heavy atom. The Kier molecular flexibility index (Phi) is 9.21. The molecule has 2 aliphatic rings. The SMILES string of the molecule is CC(C)C[C@H](NC(=O)[C@@H](NC(=O)c1cccc(-c2ccccc2)n1)[C@@H](C)O)[B-]12OC(=O)[C@](CC(=O)N(C)C)(CC(=O)[OH+]1)O2. The predicted molar refractivity (Wildman–Crippen MR) is 155 cm³/mol. The number of nitrogens with zero attached hydrogens (tertiary/aromatic N) is 2. The molecule has 2 saturated heterocycles. The fourth-order valence-corrected chi connectivity index (χ4v) is 5.21. The smallest absolute Gasteiger partial charge is 0.594 e. The molecule has 14 heteroatoms. The molecule has 0 saturated carbocycles. The van der Waals surface area contributed by atoms with E-state index in [1.54, 1.807) is 12.1 Å². The van der Waals surface area contributed by atoms with Gasteiger partial charge < -0.3 is 34.6 Å². The molecule has 2 aromatic rings. The Morgan fingerprint density at radius 2 is 1.77 bits per heavy atom. The Balaban J connectivity index is 1.57. The maximum Gasteiger partial charge on any atom is 0.594 e. The number of hydrogen-bond donors (Lipinski definition) is 3. The summed E-state index contributed by atoms with van der Waals surface area (Å²) in [6.45, 7) is 1.93. The first-order chi connectivity index (χ1) is 20.2. The van der Waals surface area contributed by atoms with Crippen LogP contribution < -0.4 is 10.6 Å². The summed E-state index contributed by atoms with van der Waals surface area (Å²) in [5.41, 5.74) is -0.504. The number of carbonyl (C=O) groups is 5. The largest absolute Gasteiger partial charge is 0.717 e. The molecule has 5 atom stereocenters. The van der Waals surface area contributed by atoms with Crippen molar-refractivity contribution in [1.29, 1.82) is 0 Å². The Bertz CT molecular complexity index is 1400. The highest BCUT2D eigenvalue weighted by molar-refractivity contribution is 6.67. The first-order valence-electron chi connectivity index (χ1n) is 14.1. The quantitative estimate of drug-likeness (QED) is 0.246. The minimum absolute atomic E-state index is 0.0256. The molecular formula is C29H37BN4O9. The molecule has 3 heterocycles. The van der Waals surface area contributed by atoms with Crippen molar-refractivity contribution >= 4 is 36.4 Å². The minimum atomic E-state index is -3.09. The third-order valence-corrected chi connectivity index (χ3v) is 7.40. The van der Waals surface area contributed by atoms with Crippen LogP contribution in [-0.4, -0.2) is 93.8 Å². The van der Waals surface area contributed by atoms with Crippen LogP contribution in [0.5, 0.6) is 0 Å². The van der Waals surface area contributed by atoms with Crippen molar-refractivity contribution in [3.8, 4) is 11.3 Å². The molecule has 2 aliphatic heterocycles. The van der Waals surface area contributed by atoms with Crippen molar-refractivity contribution in [1.82, 2.24) is 20.5 Å². The number of nitrogens with one attached hydrogen (secondary N) is 2. The molecule has 4 rings (SSSR count). The van der Waals surface area contributed by atoms with Crippen LogP contribution >= 0.6 is 0 Å². The molecule has 0 radical (unpaired) electrons. The number of pyridine rings is 1. The van der Waals surface area contributed by atoms with Gasteiger partial charge in [0.25, 0.3) is 11.9 Å². The van der Waals surface area contributed by atoms with Crippen LogP contribution in [0.2, 0.25) is 0 Å². The Labute approximate surface area is 249 Å². The molecule has 1 aromatic carbocycles. The highest BCUT2D eigenvalue weighted by Crippen LogP contribution is 2.42. The van der Waals surface area contributed by atoms with E-state index in [1.165, 1.54) is 32.0 Å². The maximum absolute atomic E-state index is 13.6. The molecule has 1 aromatic heterocycles. The summed E-state index contributed by atoms with van der Waals surface area (Å²) in [4.78, 5) is 70.8. The van der Waals surface area contributed by atoms with Gasteiger partial charge in [-0.15, -0.1) is 0 Å². The summed E-state index contributed by atoms with van der Waals surface area (Å²) in [5, 5.41) is 15.7. The zero-order chi connectivity index (χ0) is 31.5. The normalized spacial score (nSPS) is 23.0. The van der Waals surface area contributed by atoms with Crippen LogP contribution in [0.4, 0.5) is 0 Å². The van der Waals surface area contributed by atoms with Crippen LogP contribution in [0.25, 0.3) is 11.3 Å². The van der Waals surface area contributed by atoms with E-state index >= 15 is 0 Å². The molecule has 13 nitrogen and oxygen atoms in total. The molecule has 4 N–H and O–H groups in total. The summed E-state index contributed by atoms with van der Waals surface area (Å²) in [7, 11) is 3.01. The molecule has 3 amide bonds. The van der Waals surface area contributed by atoms with Crippen molar-refractivity contribution in [2.24, 2.45) is 5.92 Å². The second-order valence-electron chi connectivity index (χ2n) is 11.6. The number of rotatable bonds is 11. The number of aromatic nitrogens is 1. The van der Waals surface area contributed by atoms with E-state index in [0.717, 1.165) is 5.56 Å². The number of aliphatic carboxylic acids is 1. The molecule has 1 unspecified atom stereocenters. The van der Waals surface area contributed by atoms with Crippen LogP contribution in [0.1, 0.15) is 50.5 Å². The summed E-state index contributed by atoms with van der Waals surface area (Å²) in [6, 6.07) is 12.7. The number of hydrogen-bond acceptors (Lipinski definition) is 9. The Morgan fingerprint density at radius 3 is 2.40 bits per heavy atom. The number of aliphatic hydroxyl groups is 1. The van der Waals surface area contributed by atoms with Gasteiger partial charge in [-0.1, -0.05) is 56.7 Å². The van der Waals surface area contributed by atoms with Crippen molar-refractivity contribution in [2.45, 2.75) is 63.7 Å². The predicted octanol–water partition coefficient (Wildman–Crippen LogP) is 0.486. The Hall–Kier alpha value is -4.30. The molecule has 0 aliphatic carbocycles. The van der Waals surface area contributed by atoms with Gasteiger partial charge in [-0.25, -0.2) is 4.98 Å². The van der Waals surface area contributed by atoms with Gasteiger partial charge in [-0.3, -0.25) is 19.2 Å². The molecule has 0 spiro atoms. The number of amides is 3. The number of aliphatic hydroxyl groups excluding tert-OH is 1. The van der Waals surface area contributed by atoms with Gasteiger partial charge in [0.2, 0.25) is 11.8 Å². The lowest BCUT2D eigenvalue weighted by Gasteiger charge is -2.44. The van der Waals surface area contributed by atoms with Crippen molar-refractivity contribution < 1.29 is 43.0 Å². The van der Waals surface area contributed by atoms with Gasteiger partial charge in [0.05, 0.1) is 18.2 Å². The molecule has 2 fully saturated rings. The van der Waals surface area contributed by atoms with E-state index in [4.69, 9.17) is 9.31 Å². The monoisotopic (exact) mass is 596 g/mol. The lowest BCUT2D eigenvalue weighted by molar-refractivity contribution is -0.170. The van der Waals surface area contributed by atoms with Crippen LogP contribution in [-0.2, 0) is 28.5 Å². The number of carbonyl (C=O) groups excluding carboxylic acids is 4. The summed E-state index contributed by atoms with van der Waals surface area (Å²) in [6.07, 6.45) is -2.10. The van der Waals surface area contributed by atoms with Gasteiger partial charge in [0.1, 0.15) is 18.2 Å². The third kappa shape index (κ3) is 6.86. The van der Waals surface area contributed by atoms with Crippen LogP contribution in [0.3, 0.4) is 0 Å². The topological polar surface area (TPSA) is 177 Å². The van der Waals surface area contributed by atoms with E-state index in [0.29, 0.717) is 5.69 Å². The number of carboxylic acids is 1. The lowest BCUT2D eigenvalue weighted by atomic mass is 9.64. The first-order valence-corrected chi connectivity index (χ1v) is 14.1. The molecule has 43 heavy (non-hydrogen) atoms. The highest BCUT2D eigenvalue weighted by atomic mass is 16.8. The van der Waals surface area contributed by atoms with Gasteiger partial charge >= 0.3 is 12.7 Å². The van der Waals surface area contributed by atoms with E-state index in [2.05, 4.69) is 20.3 Å².